The molecule has 2 unspecified atom stereocenters. The molecule has 1 aliphatic heterocycles. The Kier molecular flexibility index (Phi) is 4.33. The number of carbonyl (C=O) groups excluding carboxylic acids is 1. The molecule has 1 amide bonds. The average Bonchev–Trinajstić information content (AvgIpc) is 2.71. The fourth-order valence-electron chi connectivity index (χ4n) is 2.34. The minimum absolute atomic E-state index is 0.0440. The molecule has 1 saturated heterocycles. The Morgan fingerprint density at radius 2 is 2.17 bits per heavy atom. The Morgan fingerprint density at radius 1 is 1.44 bits per heavy atom. The number of hydrogen-bond donors (Lipinski definition) is 2. The Balaban J connectivity index is 1.92. The second-order valence-electron chi connectivity index (χ2n) is 4.84. The summed E-state index contributed by atoms with van der Waals surface area (Å²) < 4.78 is 0. The quantitative estimate of drug-likeness (QED) is 0.793. The van der Waals surface area contributed by atoms with Gasteiger partial charge in [-0.25, -0.2) is 0 Å². The Labute approximate surface area is 108 Å². The normalized spacial score (nSPS) is 21.3. The number of nitrogens with zero attached hydrogens (tertiary/aromatic N) is 1. The first-order valence-electron chi connectivity index (χ1n) is 6.36. The van der Waals surface area contributed by atoms with E-state index in [2.05, 4.69) is 5.32 Å². The van der Waals surface area contributed by atoms with Crippen LogP contribution < -0.4 is 5.32 Å². The van der Waals surface area contributed by atoms with Crippen molar-refractivity contribution in [2.45, 2.75) is 24.9 Å². The highest BCUT2D eigenvalue weighted by Gasteiger charge is 2.30. The van der Waals surface area contributed by atoms with E-state index in [1.165, 1.54) is 5.56 Å². The summed E-state index contributed by atoms with van der Waals surface area (Å²) in [6, 6.07) is 9.81. The van der Waals surface area contributed by atoms with Crippen molar-refractivity contribution in [1.29, 1.82) is 0 Å². The van der Waals surface area contributed by atoms with Gasteiger partial charge < -0.3 is 15.3 Å². The van der Waals surface area contributed by atoms with E-state index >= 15 is 0 Å². The Hall–Kier alpha value is -1.39. The monoisotopic (exact) mass is 248 g/mol. The second kappa shape index (κ2) is 5.98. The van der Waals surface area contributed by atoms with Crippen LogP contribution in [0.4, 0.5) is 0 Å². The minimum atomic E-state index is -0.143. The maximum absolute atomic E-state index is 11.8. The minimum Gasteiger partial charge on any atom is -0.395 e. The third-order valence-electron chi connectivity index (χ3n) is 3.41. The second-order valence-corrected chi connectivity index (χ2v) is 4.84. The summed E-state index contributed by atoms with van der Waals surface area (Å²) >= 11 is 0. The van der Waals surface area contributed by atoms with Crippen molar-refractivity contribution in [2.75, 3.05) is 20.2 Å². The summed E-state index contributed by atoms with van der Waals surface area (Å²) in [6.45, 7) is 0.836. The van der Waals surface area contributed by atoms with Crippen LogP contribution in [0.25, 0.3) is 0 Å². The number of benzene rings is 1. The third-order valence-corrected chi connectivity index (χ3v) is 3.41. The van der Waals surface area contributed by atoms with E-state index in [0.29, 0.717) is 0 Å². The van der Waals surface area contributed by atoms with Crippen molar-refractivity contribution in [3.8, 4) is 0 Å². The first kappa shape index (κ1) is 13.1. The van der Waals surface area contributed by atoms with Crippen LogP contribution in [0.2, 0.25) is 0 Å². The summed E-state index contributed by atoms with van der Waals surface area (Å²) in [5, 5.41) is 12.7. The summed E-state index contributed by atoms with van der Waals surface area (Å²) in [5.74, 6) is 0.126. The van der Waals surface area contributed by atoms with Gasteiger partial charge in [-0.2, -0.15) is 0 Å². The van der Waals surface area contributed by atoms with Crippen molar-refractivity contribution in [3.05, 3.63) is 35.9 Å². The molecular formula is C14H20N2O2. The molecular weight excluding hydrogens is 228 g/mol. The van der Waals surface area contributed by atoms with Gasteiger partial charge in [0.2, 0.25) is 5.91 Å². The van der Waals surface area contributed by atoms with Gasteiger partial charge in [-0.1, -0.05) is 30.3 Å². The molecule has 0 saturated carbocycles. The van der Waals surface area contributed by atoms with Gasteiger partial charge in [-0.15, -0.1) is 0 Å². The topological polar surface area (TPSA) is 52.6 Å². The van der Waals surface area contributed by atoms with Crippen molar-refractivity contribution >= 4 is 5.91 Å². The van der Waals surface area contributed by atoms with E-state index in [0.717, 1.165) is 19.4 Å². The molecule has 1 fully saturated rings. The first-order chi connectivity index (χ1) is 8.70. The molecule has 1 aromatic rings. The lowest BCUT2D eigenvalue weighted by Gasteiger charge is -2.20. The molecule has 18 heavy (non-hydrogen) atoms. The molecule has 0 radical (unpaired) electrons. The van der Waals surface area contributed by atoms with Gasteiger partial charge in [0.25, 0.3) is 0 Å². The van der Waals surface area contributed by atoms with Crippen LogP contribution in [0.1, 0.15) is 12.0 Å². The van der Waals surface area contributed by atoms with Gasteiger partial charge >= 0.3 is 0 Å². The van der Waals surface area contributed by atoms with Crippen molar-refractivity contribution in [3.63, 3.8) is 0 Å². The highest BCUT2D eigenvalue weighted by atomic mass is 16.3. The predicted molar refractivity (Wildman–Crippen MR) is 70.2 cm³/mol. The molecule has 0 bridgehead atoms. The molecule has 1 aromatic carbocycles. The molecule has 1 aliphatic rings. The lowest BCUT2D eigenvalue weighted by atomic mass is 10.1. The first-order valence-corrected chi connectivity index (χ1v) is 6.36. The Morgan fingerprint density at radius 3 is 2.72 bits per heavy atom. The number of amides is 1. The maximum atomic E-state index is 11.8. The average molecular weight is 248 g/mol. The molecule has 1 heterocycles. The largest absolute Gasteiger partial charge is 0.395 e. The van der Waals surface area contributed by atoms with Crippen LogP contribution in [0, 0.1) is 0 Å². The van der Waals surface area contributed by atoms with Crippen LogP contribution in [0.3, 0.4) is 0 Å². The fraction of sp³-hybridized carbons (Fsp3) is 0.500. The van der Waals surface area contributed by atoms with Gasteiger partial charge in [0.05, 0.1) is 12.6 Å². The molecule has 4 heteroatoms. The van der Waals surface area contributed by atoms with Crippen molar-refractivity contribution < 1.29 is 9.90 Å². The highest BCUT2D eigenvalue weighted by molar-refractivity contribution is 5.83. The van der Waals surface area contributed by atoms with Gasteiger partial charge in [0.15, 0.2) is 0 Å². The summed E-state index contributed by atoms with van der Waals surface area (Å²) in [6.07, 6.45) is 1.56. The zero-order chi connectivity index (χ0) is 13.0. The number of carbonyl (C=O) groups is 1. The summed E-state index contributed by atoms with van der Waals surface area (Å²) in [5.41, 5.74) is 1.17. The molecule has 2 N–H and O–H groups in total. The summed E-state index contributed by atoms with van der Waals surface area (Å²) in [7, 11) is 1.81. The van der Waals surface area contributed by atoms with Crippen LogP contribution in [0.15, 0.2) is 30.3 Å². The van der Waals surface area contributed by atoms with E-state index in [-0.39, 0.29) is 24.6 Å². The lowest BCUT2D eigenvalue weighted by Crippen LogP contribution is -2.45. The summed E-state index contributed by atoms with van der Waals surface area (Å²) in [4.78, 5) is 13.5. The SMILES string of the molecule is CN1CCC(NC(CO)Cc2ccccc2)C1=O. The van der Waals surface area contributed by atoms with Crippen LogP contribution >= 0.6 is 0 Å². The van der Waals surface area contributed by atoms with E-state index in [1.807, 2.05) is 37.4 Å². The number of likely N-dealkylation sites (tertiary alicyclic amines) is 1. The van der Waals surface area contributed by atoms with Crippen LogP contribution in [-0.4, -0.2) is 48.2 Å². The molecule has 98 valence electrons. The van der Waals surface area contributed by atoms with Gasteiger partial charge in [0, 0.05) is 19.6 Å². The van der Waals surface area contributed by atoms with Crippen LogP contribution in [-0.2, 0) is 11.2 Å². The van der Waals surface area contributed by atoms with Crippen molar-refractivity contribution in [1.82, 2.24) is 10.2 Å². The Bertz CT molecular complexity index is 394. The number of likely N-dealkylation sites (N-methyl/N-ethyl adjacent to an activating group) is 1. The highest BCUT2D eigenvalue weighted by Crippen LogP contribution is 2.11. The zero-order valence-corrected chi connectivity index (χ0v) is 10.7. The number of rotatable bonds is 5. The molecule has 2 rings (SSSR count). The molecule has 4 nitrogen and oxygen atoms in total. The maximum Gasteiger partial charge on any atom is 0.239 e. The number of nitrogens with one attached hydrogen (secondary N) is 1. The predicted octanol–water partition coefficient (Wildman–Crippen LogP) is 0.410. The van der Waals surface area contributed by atoms with E-state index in [4.69, 9.17) is 0 Å². The van der Waals surface area contributed by atoms with Gasteiger partial charge in [0.1, 0.15) is 0 Å². The lowest BCUT2D eigenvalue weighted by molar-refractivity contribution is -0.128. The fourth-order valence-corrected chi connectivity index (χ4v) is 2.34. The molecule has 0 aromatic heterocycles. The smallest absolute Gasteiger partial charge is 0.239 e. The van der Waals surface area contributed by atoms with Gasteiger partial charge in [-0.3, -0.25) is 4.79 Å². The van der Waals surface area contributed by atoms with E-state index in [9.17, 15) is 9.90 Å². The standard InChI is InChI=1S/C14H20N2O2/c1-16-8-7-13(14(16)18)15-12(10-17)9-11-5-3-2-4-6-11/h2-6,12-13,15,17H,7-10H2,1H3. The number of aliphatic hydroxyl groups is 1. The third kappa shape index (κ3) is 3.09. The molecule has 0 spiro atoms. The zero-order valence-electron chi connectivity index (χ0n) is 10.7. The van der Waals surface area contributed by atoms with E-state index < -0.39 is 0 Å². The number of aliphatic hydroxyl groups excluding tert-OH is 1. The molecule has 2 atom stereocenters. The van der Waals surface area contributed by atoms with E-state index in [1.54, 1.807) is 4.90 Å². The van der Waals surface area contributed by atoms with Crippen molar-refractivity contribution in [2.24, 2.45) is 0 Å². The number of hydrogen-bond acceptors (Lipinski definition) is 3. The van der Waals surface area contributed by atoms with Gasteiger partial charge in [-0.05, 0) is 18.4 Å². The molecule has 0 aliphatic carbocycles. The van der Waals surface area contributed by atoms with Crippen LogP contribution in [0.5, 0.6) is 0 Å².